The van der Waals surface area contributed by atoms with Crippen LogP contribution >= 0.6 is 0 Å². The van der Waals surface area contributed by atoms with Crippen molar-refractivity contribution in [2.45, 2.75) is 147 Å². The van der Waals surface area contributed by atoms with Gasteiger partial charge in [-0.05, 0) is 157 Å². The van der Waals surface area contributed by atoms with Gasteiger partial charge in [0.15, 0.2) is 0 Å². The van der Waals surface area contributed by atoms with Crippen LogP contribution in [0.15, 0.2) is 133 Å². The summed E-state index contributed by atoms with van der Waals surface area (Å²) in [5, 5.41) is 4.30. The van der Waals surface area contributed by atoms with Crippen molar-refractivity contribution in [2.75, 3.05) is 19.6 Å². The summed E-state index contributed by atoms with van der Waals surface area (Å²) < 4.78 is 169. The summed E-state index contributed by atoms with van der Waals surface area (Å²) >= 11 is 0. The smallest absolute Gasteiger partial charge is 0.410 e. The predicted molar refractivity (Wildman–Crippen MR) is 365 cm³/mol. The maximum Gasteiger partial charge on any atom is 0.410 e. The second-order valence-corrected chi connectivity index (χ2v) is 25.4. The molecule has 2 amide bonds. The van der Waals surface area contributed by atoms with Gasteiger partial charge < -0.3 is 63.5 Å². The molecule has 4 fully saturated rings. The third-order valence-electron chi connectivity index (χ3n) is 18.0. The Morgan fingerprint density at radius 2 is 0.790 bits per heavy atom. The molecule has 1 saturated carbocycles. The molecule has 6 aromatic carbocycles. The molecule has 0 bridgehead atoms. The van der Waals surface area contributed by atoms with Gasteiger partial charge in [-0.25, -0.2) is 27.2 Å². The molecular formula is C77H77F4N7O12. The number of rotatable bonds is 18. The number of ether oxygens (including phenoxy) is 6. The van der Waals surface area contributed by atoms with Gasteiger partial charge in [-0.15, -0.1) is 0 Å². The van der Waals surface area contributed by atoms with Crippen LogP contribution in [-0.4, -0.2) is 128 Å². The fourth-order valence-electron chi connectivity index (χ4n) is 13.8. The van der Waals surface area contributed by atoms with Crippen molar-refractivity contribution < 1.29 is 85.7 Å². The van der Waals surface area contributed by atoms with E-state index in [9.17, 15) is 48.5 Å². The van der Waals surface area contributed by atoms with Crippen molar-refractivity contribution >= 4 is 79.7 Å². The van der Waals surface area contributed by atoms with Crippen LogP contribution in [0.1, 0.15) is 111 Å². The Kier molecular flexibility index (Phi) is 17.3. The number of aromatic amines is 4. The SMILES string of the molecule is [2H]C([2H])(c1c(-c2[nH]c3cc(F)ccc3c2C([2H])([2H])[C@@H]2C[C@H](OC(C)=O)CN2)[nH]c2cc(F)ccc12)[C@H]1CC[C@@H](OC(C)=O)C1.[2H]C([2H])(c1c(-c2[nH]c3cc(F)ccc3c2C([2H])([2H])[C@@H]2C[C@H](OC(C)=O)CN2C(=O)OCc2ccccc2)[nH]c2cc(F)ccc12)[C@@H]1C[C@H](OC(C)=O)CN1C(=O)OCc1ccccc1. The molecule has 7 heterocycles. The van der Waals surface area contributed by atoms with Crippen molar-refractivity contribution in [3.05, 3.63) is 190 Å². The van der Waals surface area contributed by atoms with Gasteiger partial charge in [-0.1, -0.05) is 60.7 Å². The maximum absolute atomic E-state index is 15.0. The van der Waals surface area contributed by atoms with E-state index in [1.165, 1.54) is 76.2 Å². The molecule has 3 aliphatic heterocycles. The number of nitrogens with one attached hydrogen (secondary N) is 5. The molecule has 0 unspecified atom stereocenters. The lowest BCUT2D eigenvalue weighted by Crippen LogP contribution is -2.38. The summed E-state index contributed by atoms with van der Waals surface area (Å²) in [7, 11) is 0. The van der Waals surface area contributed by atoms with Gasteiger partial charge in [-0.3, -0.25) is 19.2 Å². The Morgan fingerprint density at radius 1 is 0.430 bits per heavy atom. The standard InChI is InChI=1S/C46H44F2N4O8.C31H33F2N3O4/c1-27(53)59-35-19-33(51(23-35)45(55)57-25-29-9-5-3-6-10-29)21-39-37-15-13-31(47)17-41(37)49-43(39)44-40(38-16-14-32(48)18-42(38)50-44)22-34-20-36(60-28(2)54)24-52(34)46(56)58-26-30-11-7-4-8-12-30;1-16(37)39-22-6-3-18(9-22)10-26-24-7-4-19(32)11-28(24)35-30(26)31-27(25-8-5-20(33)12-29(25)36-31)14-21-13-23(15-34-21)40-17(2)38/h3-18,33-36,49-50H,19-26H2,1-2H3;4-5,7-8,11-12,18,21-23,34-36H,3,6,9-10,13-15H2,1-2H3/t33-,34-,35-,36-;18-,21-,22+,23-/m00/s1/i21D2,22D2;10D2,14D2. The number of benzene rings is 6. The van der Waals surface area contributed by atoms with E-state index in [0.717, 1.165) is 34.1 Å². The largest absolute Gasteiger partial charge is 0.463 e. The second kappa shape index (κ2) is 29.6. The van der Waals surface area contributed by atoms with Crippen LogP contribution in [-0.2, 0) is 86.3 Å². The van der Waals surface area contributed by atoms with Crippen LogP contribution in [0.5, 0.6) is 0 Å². The molecule has 19 nitrogen and oxygen atoms in total. The molecule has 1 aliphatic carbocycles. The van der Waals surface area contributed by atoms with Crippen molar-refractivity contribution in [3.63, 3.8) is 0 Å². The number of hydrogen-bond acceptors (Lipinski definition) is 13. The molecule has 10 aromatic rings. The van der Waals surface area contributed by atoms with E-state index < -0.39 is 133 Å². The highest BCUT2D eigenvalue weighted by Crippen LogP contribution is 2.43. The van der Waals surface area contributed by atoms with Crippen molar-refractivity contribution in [3.8, 4) is 22.8 Å². The second-order valence-electron chi connectivity index (χ2n) is 25.4. The van der Waals surface area contributed by atoms with Gasteiger partial charge >= 0.3 is 36.1 Å². The highest BCUT2D eigenvalue weighted by atomic mass is 19.1. The van der Waals surface area contributed by atoms with Crippen LogP contribution in [0, 0.1) is 29.2 Å². The first-order chi connectivity index (χ1) is 51.3. The predicted octanol–water partition coefficient (Wildman–Crippen LogP) is 14.1. The number of amides is 2. The minimum atomic E-state index is -2.58. The molecular weight excluding hydrogens is 1290 g/mol. The topological polar surface area (TPSA) is 239 Å². The van der Waals surface area contributed by atoms with E-state index in [1.54, 1.807) is 60.7 Å². The summed E-state index contributed by atoms with van der Waals surface area (Å²) in [6.45, 7) is 4.55. The molecule has 0 spiro atoms. The minimum absolute atomic E-state index is 0.0673. The fourth-order valence-corrected chi connectivity index (χ4v) is 13.8. The number of hydrogen-bond donors (Lipinski definition) is 5. The Hall–Kier alpha value is -10.4. The quantitative estimate of drug-likeness (QED) is 0.0306. The highest BCUT2D eigenvalue weighted by Gasteiger charge is 2.42. The number of fused-ring (bicyclic) bond motifs is 4. The Morgan fingerprint density at radius 3 is 1.18 bits per heavy atom. The van der Waals surface area contributed by atoms with Gasteiger partial charge in [0.1, 0.15) is 60.9 Å². The average Bonchev–Trinajstić information content (AvgIpc) is 1.56. The first kappa shape index (κ1) is 58.5. The van der Waals surface area contributed by atoms with Crippen LogP contribution < -0.4 is 5.32 Å². The number of likely N-dealkylation sites (tertiary alicyclic amines) is 2. The molecule has 100 heavy (non-hydrogen) atoms. The molecule has 4 aromatic heterocycles. The summed E-state index contributed by atoms with van der Waals surface area (Å²) in [6.07, 6.45) is -12.9. The fraction of sp³-hybridized carbons (Fsp3) is 0.351. The molecule has 8 atom stereocenters. The lowest BCUT2D eigenvalue weighted by atomic mass is 9.93. The van der Waals surface area contributed by atoms with E-state index in [1.807, 2.05) is 0 Å². The summed E-state index contributed by atoms with van der Waals surface area (Å²) in [5.74, 6) is -5.18. The first-order valence-electron chi connectivity index (χ1n) is 36.9. The zero-order chi connectivity index (χ0) is 77.1. The van der Waals surface area contributed by atoms with E-state index in [0.29, 0.717) is 45.8 Å². The van der Waals surface area contributed by atoms with Gasteiger partial charge in [0, 0.05) is 126 Å². The Balaban J connectivity index is 0.000000204. The zero-order valence-corrected chi connectivity index (χ0v) is 54.9. The Bertz CT molecular complexity index is 4800. The van der Waals surface area contributed by atoms with Gasteiger partial charge in [-0.2, -0.15) is 0 Å². The Labute approximate surface area is 584 Å². The number of carbonyl (C=O) groups is 6. The molecule has 0 radical (unpaired) electrons. The van der Waals surface area contributed by atoms with E-state index in [4.69, 9.17) is 28.4 Å². The normalized spacial score (nSPS) is 22.2. The lowest BCUT2D eigenvalue weighted by molar-refractivity contribution is -0.146. The van der Waals surface area contributed by atoms with Crippen molar-refractivity contribution in [1.29, 1.82) is 0 Å². The average molecular weight is 1380 g/mol. The molecule has 520 valence electrons. The highest BCUT2D eigenvalue weighted by molar-refractivity contribution is 5.98. The van der Waals surface area contributed by atoms with Gasteiger partial charge in [0.25, 0.3) is 0 Å². The lowest BCUT2D eigenvalue weighted by Gasteiger charge is -2.25. The van der Waals surface area contributed by atoms with Gasteiger partial charge in [0.2, 0.25) is 0 Å². The molecule has 5 N–H and O–H groups in total. The minimum Gasteiger partial charge on any atom is -0.463 e. The summed E-state index contributed by atoms with van der Waals surface area (Å²) in [5.41, 5.74) is 2.62. The van der Waals surface area contributed by atoms with Crippen molar-refractivity contribution in [1.82, 2.24) is 35.1 Å². The number of carbonyl (C=O) groups excluding carboxylic acids is 6. The molecule has 23 heteroatoms. The number of nitrogens with zero attached hydrogens (tertiary/aromatic N) is 2. The van der Waals surface area contributed by atoms with Crippen LogP contribution in [0.3, 0.4) is 0 Å². The van der Waals surface area contributed by atoms with Crippen LogP contribution in [0.4, 0.5) is 27.2 Å². The zero-order valence-electron chi connectivity index (χ0n) is 62.9. The number of halogens is 4. The van der Waals surface area contributed by atoms with Crippen LogP contribution in [0.2, 0.25) is 0 Å². The molecule has 4 aliphatic rings. The van der Waals surface area contributed by atoms with E-state index in [-0.39, 0.29) is 125 Å². The monoisotopic (exact) mass is 1380 g/mol. The number of aromatic nitrogens is 4. The number of esters is 4. The summed E-state index contributed by atoms with van der Waals surface area (Å²) in [4.78, 5) is 90.2. The molecule has 3 saturated heterocycles. The van der Waals surface area contributed by atoms with E-state index >= 15 is 8.78 Å². The maximum atomic E-state index is 15.0. The third kappa shape index (κ3) is 15.5. The van der Waals surface area contributed by atoms with Crippen LogP contribution in [0.25, 0.3) is 66.4 Å². The first-order valence-corrected chi connectivity index (χ1v) is 32.9. The third-order valence-corrected chi connectivity index (χ3v) is 18.0. The van der Waals surface area contributed by atoms with Crippen molar-refractivity contribution in [2.24, 2.45) is 5.92 Å². The summed E-state index contributed by atoms with van der Waals surface area (Å²) in [6, 6.07) is 29.4. The number of H-pyrrole nitrogens is 4. The van der Waals surface area contributed by atoms with E-state index in [2.05, 4.69) is 25.3 Å². The molecule has 14 rings (SSSR count). The van der Waals surface area contributed by atoms with Gasteiger partial charge in [0.05, 0.1) is 35.9 Å².